The van der Waals surface area contributed by atoms with E-state index < -0.39 is 18.2 Å². The molecule has 10 heteroatoms. The van der Waals surface area contributed by atoms with Gasteiger partial charge in [-0.2, -0.15) is 13.2 Å². The highest BCUT2D eigenvalue weighted by atomic mass is 19.4. The predicted octanol–water partition coefficient (Wildman–Crippen LogP) is 4.72. The molecule has 0 radical (unpaired) electrons. The van der Waals surface area contributed by atoms with Gasteiger partial charge in [0, 0.05) is 18.1 Å². The number of rotatable bonds is 4. The largest absolute Gasteiger partial charge is 0.490 e. The van der Waals surface area contributed by atoms with E-state index in [4.69, 9.17) is 19.4 Å². The Labute approximate surface area is 193 Å². The average Bonchev–Trinajstić information content (AvgIpc) is 2.84. The maximum atomic E-state index is 12.7. The fourth-order valence-corrected chi connectivity index (χ4v) is 3.09. The summed E-state index contributed by atoms with van der Waals surface area (Å²) in [7, 11) is 0. The van der Waals surface area contributed by atoms with Crippen molar-refractivity contribution in [3.05, 3.63) is 72.6 Å². The number of halogens is 3. The van der Waals surface area contributed by atoms with E-state index in [2.05, 4.69) is 23.3 Å². The molecule has 1 unspecified atom stereocenters. The molecule has 2 aromatic carbocycles. The zero-order valence-corrected chi connectivity index (χ0v) is 18.0. The summed E-state index contributed by atoms with van der Waals surface area (Å²) in [6.45, 7) is 2.26. The van der Waals surface area contributed by atoms with Crippen molar-refractivity contribution in [1.82, 2.24) is 4.98 Å². The third-order valence-electron chi connectivity index (χ3n) is 4.80. The van der Waals surface area contributed by atoms with Crippen molar-refractivity contribution in [3.8, 4) is 22.6 Å². The van der Waals surface area contributed by atoms with Gasteiger partial charge in [0.05, 0.1) is 0 Å². The number of carboxylic acid groups (broad SMARTS) is 1. The lowest BCUT2D eigenvalue weighted by atomic mass is 10.0. The molecule has 0 fully saturated rings. The fraction of sp³-hybridized carbons (Fsp3) is 0.208. The highest BCUT2D eigenvalue weighted by molar-refractivity contribution is 5.95. The van der Waals surface area contributed by atoms with Gasteiger partial charge in [-0.05, 0) is 59.5 Å². The van der Waals surface area contributed by atoms with Gasteiger partial charge in [-0.25, -0.2) is 4.79 Å². The number of pyridine rings is 1. The van der Waals surface area contributed by atoms with Crippen LogP contribution in [0.5, 0.6) is 11.5 Å². The summed E-state index contributed by atoms with van der Waals surface area (Å²) in [5.74, 6) is -1.71. The number of para-hydroxylation sites is 2. The van der Waals surface area contributed by atoms with E-state index in [-0.39, 0.29) is 12.5 Å². The molecule has 1 aliphatic heterocycles. The summed E-state index contributed by atoms with van der Waals surface area (Å²) in [4.78, 5) is 25.6. The molecule has 0 bridgehead atoms. The Morgan fingerprint density at radius 3 is 2.32 bits per heavy atom. The van der Waals surface area contributed by atoms with Crippen molar-refractivity contribution in [2.45, 2.75) is 25.6 Å². The van der Waals surface area contributed by atoms with Crippen LogP contribution in [0.2, 0.25) is 0 Å². The maximum absolute atomic E-state index is 12.7. The van der Waals surface area contributed by atoms with E-state index in [1.807, 2.05) is 42.5 Å². The summed E-state index contributed by atoms with van der Waals surface area (Å²) in [6, 6.07) is 17.3. The van der Waals surface area contributed by atoms with E-state index in [1.54, 1.807) is 18.5 Å². The van der Waals surface area contributed by atoms with E-state index in [0.717, 1.165) is 28.8 Å². The second kappa shape index (κ2) is 10.7. The minimum Gasteiger partial charge on any atom is -0.485 e. The Morgan fingerprint density at radius 1 is 1.06 bits per heavy atom. The molecule has 2 heterocycles. The zero-order valence-electron chi connectivity index (χ0n) is 18.0. The average molecular weight is 474 g/mol. The van der Waals surface area contributed by atoms with Crippen LogP contribution in [0.25, 0.3) is 11.1 Å². The van der Waals surface area contributed by atoms with Gasteiger partial charge in [0.2, 0.25) is 6.10 Å². The molecule has 2 N–H and O–H groups in total. The Kier molecular flexibility index (Phi) is 7.72. The number of aliphatic carboxylic acids is 1. The predicted molar refractivity (Wildman–Crippen MR) is 118 cm³/mol. The number of carbonyl (C=O) groups is 2. The monoisotopic (exact) mass is 474 g/mol. The van der Waals surface area contributed by atoms with Gasteiger partial charge in [0.1, 0.15) is 6.61 Å². The number of carbonyl (C=O) groups excluding carboxylic acids is 1. The molecule has 4 rings (SSSR count). The Bertz CT molecular complexity index is 1150. The van der Waals surface area contributed by atoms with E-state index in [1.165, 1.54) is 0 Å². The van der Waals surface area contributed by atoms with Crippen LogP contribution in [0.15, 0.2) is 67.0 Å². The molecular formula is C24H21F3N2O5. The molecule has 0 spiro atoms. The minimum atomic E-state index is -5.08. The van der Waals surface area contributed by atoms with Crippen molar-refractivity contribution < 1.29 is 37.3 Å². The summed E-state index contributed by atoms with van der Waals surface area (Å²) in [6.07, 6.45) is -1.41. The normalized spacial score (nSPS) is 14.4. The number of aryl methyl sites for hydroxylation is 1. The summed E-state index contributed by atoms with van der Waals surface area (Å²) < 4.78 is 43.2. The van der Waals surface area contributed by atoms with Crippen LogP contribution in [0.4, 0.5) is 18.9 Å². The number of amides is 1. The van der Waals surface area contributed by atoms with E-state index >= 15 is 0 Å². The first-order valence-electron chi connectivity index (χ1n) is 10.2. The molecule has 34 heavy (non-hydrogen) atoms. The van der Waals surface area contributed by atoms with Crippen molar-refractivity contribution in [1.29, 1.82) is 0 Å². The van der Waals surface area contributed by atoms with Crippen LogP contribution >= 0.6 is 0 Å². The standard InChI is InChI=1S/C22H20N2O3.C2HF3O2/c1-2-15-13-17(16-9-11-23-12-10-16)7-8-18(15)24-22(25)21-14-26-19-5-3-4-6-20(19)27-21;3-2(4,5)1(6)7/h3-13,21H,2,14H2,1H3,(H,24,25);(H,6,7). The number of ether oxygens (including phenoxy) is 2. The first-order valence-corrected chi connectivity index (χ1v) is 10.2. The highest BCUT2D eigenvalue weighted by Gasteiger charge is 2.38. The molecule has 178 valence electrons. The van der Waals surface area contributed by atoms with Gasteiger partial charge < -0.3 is 19.9 Å². The number of nitrogens with zero attached hydrogens (tertiary/aromatic N) is 1. The van der Waals surface area contributed by atoms with Crippen molar-refractivity contribution in [2.75, 3.05) is 11.9 Å². The maximum Gasteiger partial charge on any atom is 0.490 e. The number of fused-ring (bicyclic) bond motifs is 1. The number of benzene rings is 2. The first-order chi connectivity index (χ1) is 16.2. The second-order valence-corrected chi connectivity index (χ2v) is 7.12. The van der Waals surface area contributed by atoms with Crippen LogP contribution in [-0.2, 0) is 16.0 Å². The van der Waals surface area contributed by atoms with Crippen LogP contribution in [-0.4, -0.2) is 40.9 Å². The number of anilines is 1. The van der Waals surface area contributed by atoms with Gasteiger partial charge in [0.15, 0.2) is 11.5 Å². The topological polar surface area (TPSA) is 97.8 Å². The number of aromatic nitrogens is 1. The van der Waals surface area contributed by atoms with Gasteiger partial charge in [-0.3, -0.25) is 9.78 Å². The van der Waals surface area contributed by atoms with Crippen molar-refractivity contribution >= 4 is 17.6 Å². The summed E-state index contributed by atoms with van der Waals surface area (Å²) >= 11 is 0. The molecule has 0 saturated carbocycles. The number of hydrogen-bond acceptors (Lipinski definition) is 5. The molecule has 0 saturated heterocycles. The summed E-state index contributed by atoms with van der Waals surface area (Å²) in [5.41, 5.74) is 4.05. The van der Waals surface area contributed by atoms with Gasteiger partial charge in [-0.1, -0.05) is 25.1 Å². The molecule has 3 aromatic rings. The minimum absolute atomic E-state index is 0.194. The number of hydrogen-bond donors (Lipinski definition) is 2. The lowest BCUT2D eigenvalue weighted by Crippen LogP contribution is -2.40. The highest BCUT2D eigenvalue weighted by Crippen LogP contribution is 2.31. The molecule has 1 atom stereocenters. The fourth-order valence-electron chi connectivity index (χ4n) is 3.09. The van der Waals surface area contributed by atoms with Gasteiger partial charge >= 0.3 is 12.1 Å². The Morgan fingerprint density at radius 2 is 1.71 bits per heavy atom. The molecule has 1 aliphatic rings. The lowest BCUT2D eigenvalue weighted by molar-refractivity contribution is -0.192. The van der Waals surface area contributed by atoms with E-state index in [0.29, 0.717) is 11.5 Å². The SMILES string of the molecule is CCc1cc(-c2ccncc2)ccc1NC(=O)C1COc2ccccc2O1.O=C(O)C(F)(F)F. The van der Waals surface area contributed by atoms with Gasteiger partial charge in [-0.15, -0.1) is 0 Å². The van der Waals surface area contributed by atoms with Crippen molar-refractivity contribution in [3.63, 3.8) is 0 Å². The number of alkyl halides is 3. The number of carboxylic acids is 1. The third-order valence-corrected chi connectivity index (χ3v) is 4.80. The third kappa shape index (κ3) is 6.25. The summed E-state index contributed by atoms with van der Waals surface area (Å²) in [5, 5.41) is 10.1. The smallest absolute Gasteiger partial charge is 0.485 e. The first kappa shape index (κ1) is 24.6. The van der Waals surface area contributed by atoms with Crippen molar-refractivity contribution in [2.24, 2.45) is 0 Å². The van der Waals surface area contributed by atoms with E-state index in [9.17, 15) is 18.0 Å². The van der Waals surface area contributed by atoms with Crippen LogP contribution in [0, 0.1) is 0 Å². The van der Waals surface area contributed by atoms with Crippen LogP contribution < -0.4 is 14.8 Å². The molecule has 1 aromatic heterocycles. The van der Waals surface area contributed by atoms with Crippen LogP contribution in [0.1, 0.15) is 12.5 Å². The quantitative estimate of drug-likeness (QED) is 0.568. The zero-order chi connectivity index (χ0) is 24.7. The Hall–Kier alpha value is -4.08. The van der Waals surface area contributed by atoms with Crippen LogP contribution in [0.3, 0.4) is 0 Å². The Balaban J connectivity index is 0.000000406. The number of nitrogens with one attached hydrogen (secondary N) is 1. The molecule has 1 amide bonds. The molecule has 7 nitrogen and oxygen atoms in total. The molecule has 0 aliphatic carbocycles. The lowest BCUT2D eigenvalue weighted by Gasteiger charge is -2.26. The second-order valence-electron chi connectivity index (χ2n) is 7.12. The molecular weight excluding hydrogens is 453 g/mol. The van der Waals surface area contributed by atoms with Gasteiger partial charge in [0.25, 0.3) is 5.91 Å².